The van der Waals surface area contributed by atoms with E-state index in [-0.39, 0.29) is 37.7 Å². The van der Waals surface area contributed by atoms with Crippen LogP contribution >= 0.6 is 0 Å². The molecule has 3 amide bonds. The highest BCUT2D eigenvalue weighted by atomic mass is 16.4. The molecule has 0 heterocycles. The number of hydrogen-bond acceptors (Lipinski definition) is 8. The van der Waals surface area contributed by atoms with Gasteiger partial charge in [0, 0.05) is 13.0 Å². The second-order valence-electron chi connectivity index (χ2n) is 9.46. The van der Waals surface area contributed by atoms with Crippen LogP contribution in [-0.2, 0) is 24.0 Å². The second-order valence-corrected chi connectivity index (χ2v) is 9.46. The number of nitrogens with one attached hydrogen (secondary N) is 5. The molecule has 0 aliphatic carbocycles. The van der Waals surface area contributed by atoms with E-state index in [2.05, 4.69) is 21.3 Å². The third-order valence-corrected chi connectivity index (χ3v) is 5.53. The lowest BCUT2D eigenvalue weighted by Gasteiger charge is -2.26. The van der Waals surface area contributed by atoms with E-state index in [9.17, 15) is 29.1 Å². The highest BCUT2D eigenvalue weighted by Crippen LogP contribution is 2.09. The van der Waals surface area contributed by atoms with E-state index in [1.54, 1.807) is 13.8 Å². The number of carbonyl (C=O) groups is 5. The summed E-state index contributed by atoms with van der Waals surface area (Å²) in [5.74, 6) is -4.94. The summed E-state index contributed by atoms with van der Waals surface area (Å²) < 4.78 is 0. The lowest BCUT2D eigenvalue weighted by Crippen LogP contribution is -2.57. The Labute approximate surface area is 222 Å². The first-order valence-electron chi connectivity index (χ1n) is 12.7. The number of unbranched alkanes of at least 4 members (excludes halogenated alkanes) is 1. The van der Waals surface area contributed by atoms with Crippen LogP contribution in [0.1, 0.15) is 65.2 Å². The highest BCUT2D eigenvalue weighted by molar-refractivity contribution is 5.94. The SMILES string of the molecule is CC(C)C[C@H](NC(=O)[C@H](CCCNC(=N)N)NC(=O)[C@@H](N)CCCCN)C(=O)N[C@@H](CCC(=O)O)C(=O)O. The summed E-state index contributed by atoms with van der Waals surface area (Å²) in [4.78, 5) is 61.0. The molecule has 0 aromatic rings. The quantitative estimate of drug-likeness (QED) is 0.0461. The lowest BCUT2D eigenvalue weighted by atomic mass is 10.0. The van der Waals surface area contributed by atoms with E-state index in [1.807, 2.05) is 0 Å². The number of nitrogens with two attached hydrogens (primary N) is 3. The average Bonchev–Trinajstić information content (AvgIpc) is 2.82. The maximum Gasteiger partial charge on any atom is 0.326 e. The van der Waals surface area contributed by atoms with Gasteiger partial charge in [-0.15, -0.1) is 0 Å². The minimum absolute atomic E-state index is 0.0721. The summed E-state index contributed by atoms with van der Waals surface area (Å²) in [5.41, 5.74) is 16.7. The molecule has 38 heavy (non-hydrogen) atoms. The van der Waals surface area contributed by atoms with Gasteiger partial charge in [-0.2, -0.15) is 0 Å². The van der Waals surface area contributed by atoms with Crippen molar-refractivity contribution in [3.63, 3.8) is 0 Å². The average molecular weight is 545 g/mol. The summed E-state index contributed by atoms with van der Waals surface area (Å²) in [6, 6.07) is -4.53. The van der Waals surface area contributed by atoms with Crippen molar-refractivity contribution in [3.05, 3.63) is 0 Å². The molecule has 0 spiro atoms. The fourth-order valence-corrected chi connectivity index (χ4v) is 3.49. The molecule has 0 aromatic heterocycles. The van der Waals surface area contributed by atoms with Crippen molar-refractivity contribution in [1.29, 1.82) is 5.41 Å². The Bertz CT molecular complexity index is 809. The lowest BCUT2D eigenvalue weighted by molar-refractivity contribution is -0.143. The maximum absolute atomic E-state index is 13.2. The van der Waals surface area contributed by atoms with Gasteiger partial charge in [0.2, 0.25) is 17.7 Å². The fourth-order valence-electron chi connectivity index (χ4n) is 3.49. The van der Waals surface area contributed by atoms with Crippen molar-refractivity contribution >= 4 is 35.6 Å². The standard InChI is InChI=1S/C23H44N8O7/c1-13(2)12-17(21(36)30-16(22(37)38)8-9-18(32)33)31-20(35)15(7-5-11-28-23(26)27)29-19(34)14(25)6-3-4-10-24/h13-17H,3-12,24-25H2,1-2H3,(H,29,34)(H,30,36)(H,31,35)(H,32,33)(H,37,38)(H4,26,27,28)/t14-,15-,16-,17-/m0/s1. The number of guanidine groups is 1. The van der Waals surface area contributed by atoms with Crippen LogP contribution in [0.5, 0.6) is 0 Å². The van der Waals surface area contributed by atoms with Crippen LogP contribution < -0.4 is 38.5 Å². The zero-order valence-corrected chi connectivity index (χ0v) is 22.1. The van der Waals surface area contributed by atoms with Crippen molar-refractivity contribution in [1.82, 2.24) is 21.3 Å². The van der Waals surface area contributed by atoms with E-state index in [0.717, 1.165) is 0 Å². The topological polar surface area (TPSA) is 276 Å². The van der Waals surface area contributed by atoms with E-state index >= 15 is 0 Å². The molecule has 15 nitrogen and oxygen atoms in total. The van der Waals surface area contributed by atoms with Crippen LogP contribution in [0.2, 0.25) is 0 Å². The Kier molecular flexibility index (Phi) is 17.0. The fraction of sp³-hybridized carbons (Fsp3) is 0.739. The van der Waals surface area contributed by atoms with E-state index < -0.39 is 60.2 Å². The van der Waals surface area contributed by atoms with Crippen LogP contribution in [0.4, 0.5) is 0 Å². The molecule has 0 aromatic carbocycles. The number of carboxylic acid groups (broad SMARTS) is 2. The minimum Gasteiger partial charge on any atom is -0.481 e. The molecule has 0 saturated heterocycles. The molecular weight excluding hydrogens is 500 g/mol. The molecule has 218 valence electrons. The molecule has 13 N–H and O–H groups in total. The predicted octanol–water partition coefficient (Wildman–Crippen LogP) is -1.84. The zero-order chi connectivity index (χ0) is 29.3. The maximum atomic E-state index is 13.2. The smallest absolute Gasteiger partial charge is 0.326 e. The van der Waals surface area contributed by atoms with E-state index in [0.29, 0.717) is 32.2 Å². The number of amides is 3. The van der Waals surface area contributed by atoms with Crippen LogP contribution in [0.15, 0.2) is 0 Å². The van der Waals surface area contributed by atoms with Crippen molar-refractivity contribution in [2.24, 2.45) is 23.1 Å². The highest BCUT2D eigenvalue weighted by Gasteiger charge is 2.30. The number of aliphatic carboxylic acids is 2. The third-order valence-electron chi connectivity index (χ3n) is 5.53. The molecule has 4 atom stereocenters. The van der Waals surface area contributed by atoms with Crippen molar-refractivity contribution in [3.8, 4) is 0 Å². The molecule has 0 radical (unpaired) electrons. The van der Waals surface area contributed by atoms with Crippen LogP contribution in [0.25, 0.3) is 0 Å². The van der Waals surface area contributed by atoms with Gasteiger partial charge in [0.1, 0.15) is 18.1 Å². The van der Waals surface area contributed by atoms with Gasteiger partial charge in [-0.25, -0.2) is 4.79 Å². The molecule has 0 saturated carbocycles. The second kappa shape index (κ2) is 18.7. The molecule has 15 heteroatoms. The van der Waals surface area contributed by atoms with Crippen LogP contribution in [0, 0.1) is 11.3 Å². The van der Waals surface area contributed by atoms with Gasteiger partial charge in [0.25, 0.3) is 0 Å². The van der Waals surface area contributed by atoms with Gasteiger partial charge in [-0.1, -0.05) is 20.3 Å². The molecule has 0 aliphatic rings. The normalized spacial score (nSPS) is 14.0. The van der Waals surface area contributed by atoms with Crippen LogP contribution in [-0.4, -0.2) is 83.1 Å². The largest absolute Gasteiger partial charge is 0.481 e. The summed E-state index contributed by atoms with van der Waals surface area (Å²) in [7, 11) is 0. The third kappa shape index (κ3) is 15.6. The van der Waals surface area contributed by atoms with Crippen molar-refractivity contribution in [2.45, 2.75) is 89.4 Å². The monoisotopic (exact) mass is 544 g/mol. The summed E-state index contributed by atoms with van der Waals surface area (Å²) in [6.45, 7) is 4.33. The van der Waals surface area contributed by atoms with Gasteiger partial charge in [0.15, 0.2) is 5.96 Å². The van der Waals surface area contributed by atoms with Crippen molar-refractivity contribution in [2.75, 3.05) is 13.1 Å². The number of carboxylic acids is 2. The first kappa shape index (κ1) is 34.5. The Morgan fingerprint density at radius 3 is 1.92 bits per heavy atom. The predicted molar refractivity (Wildman–Crippen MR) is 140 cm³/mol. The van der Waals surface area contributed by atoms with Gasteiger partial charge in [-0.05, 0) is 51.0 Å². The molecule has 0 bridgehead atoms. The Hall–Kier alpha value is -3.46. The molecule has 0 fully saturated rings. The summed E-state index contributed by atoms with van der Waals surface area (Å²) in [6.07, 6.45) is 1.54. The summed E-state index contributed by atoms with van der Waals surface area (Å²) >= 11 is 0. The summed E-state index contributed by atoms with van der Waals surface area (Å²) in [5, 5.41) is 35.5. The Balaban J connectivity index is 5.55. The number of hydrogen-bond donors (Lipinski definition) is 10. The first-order valence-corrected chi connectivity index (χ1v) is 12.7. The van der Waals surface area contributed by atoms with Crippen molar-refractivity contribution < 1.29 is 34.2 Å². The molecule has 0 rings (SSSR count). The Morgan fingerprint density at radius 1 is 0.816 bits per heavy atom. The first-order chi connectivity index (χ1) is 17.8. The van der Waals surface area contributed by atoms with Gasteiger partial charge >= 0.3 is 11.9 Å². The van der Waals surface area contributed by atoms with E-state index in [4.69, 9.17) is 27.7 Å². The molecule has 0 unspecified atom stereocenters. The molecular formula is C23H44N8O7. The van der Waals surface area contributed by atoms with Crippen LogP contribution in [0.3, 0.4) is 0 Å². The molecule has 0 aliphatic heterocycles. The minimum atomic E-state index is -1.45. The number of rotatable bonds is 20. The van der Waals surface area contributed by atoms with Gasteiger partial charge in [0.05, 0.1) is 6.04 Å². The van der Waals surface area contributed by atoms with E-state index in [1.165, 1.54) is 0 Å². The van der Waals surface area contributed by atoms with Gasteiger partial charge in [-0.3, -0.25) is 24.6 Å². The zero-order valence-electron chi connectivity index (χ0n) is 22.1. The van der Waals surface area contributed by atoms with Gasteiger partial charge < -0.3 is 48.7 Å². The number of carbonyl (C=O) groups excluding carboxylic acids is 3. The Morgan fingerprint density at radius 2 is 1.39 bits per heavy atom.